The second-order valence-corrected chi connectivity index (χ2v) is 4.98. The summed E-state index contributed by atoms with van der Waals surface area (Å²) in [6, 6.07) is 6.19. The number of hydrogen-bond donors (Lipinski definition) is 1. The van der Waals surface area contributed by atoms with Crippen LogP contribution in [0.2, 0.25) is 0 Å². The highest BCUT2D eigenvalue weighted by Gasteiger charge is 2.08. The molecule has 112 valence electrons. The van der Waals surface area contributed by atoms with E-state index in [0.717, 1.165) is 25.1 Å². The number of carbonyl (C=O) groups excluding carboxylic acids is 1. The Morgan fingerprint density at radius 1 is 1.20 bits per heavy atom. The summed E-state index contributed by atoms with van der Waals surface area (Å²) in [6.45, 7) is 6.97. The first-order valence-electron chi connectivity index (χ1n) is 7.39. The van der Waals surface area contributed by atoms with E-state index in [9.17, 15) is 9.18 Å². The van der Waals surface area contributed by atoms with Crippen LogP contribution in [0.15, 0.2) is 24.3 Å². The van der Waals surface area contributed by atoms with E-state index in [2.05, 4.69) is 24.1 Å². The Hall–Kier alpha value is -1.42. The Bertz CT molecular complexity index is 392. The Morgan fingerprint density at radius 3 is 2.50 bits per heavy atom. The van der Waals surface area contributed by atoms with Gasteiger partial charge in [0.05, 0.1) is 6.54 Å². The minimum absolute atomic E-state index is 0.0210. The monoisotopic (exact) mass is 280 g/mol. The van der Waals surface area contributed by atoms with Crippen molar-refractivity contribution >= 4 is 5.91 Å². The molecule has 0 aliphatic carbocycles. The predicted molar refractivity (Wildman–Crippen MR) is 79.9 cm³/mol. The van der Waals surface area contributed by atoms with E-state index in [1.54, 1.807) is 12.1 Å². The summed E-state index contributed by atoms with van der Waals surface area (Å²) in [7, 11) is 0. The van der Waals surface area contributed by atoms with Gasteiger partial charge in [-0.3, -0.25) is 9.69 Å². The van der Waals surface area contributed by atoms with Gasteiger partial charge in [-0.15, -0.1) is 0 Å². The van der Waals surface area contributed by atoms with Gasteiger partial charge in [0.1, 0.15) is 5.82 Å². The number of amides is 1. The van der Waals surface area contributed by atoms with E-state index in [0.29, 0.717) is 13.1 Å². The fourth-order valence-corrected chi connectivity index (χ4v) is 2.00. The van der Waals surface area contributed by atoms with Crippen molar-refractivity contribution in [2.75, 3.05) is 19.6 Å². The summed E-state index contributed by atoms with van der Waals surface area (Å²) in [4.78, 5) is 14.0. The van der Waals surface area contributed by atoms with Gasteiger partial charge in [-0.2, -0.15) is 0 Å². The average molecular weight is 280 g/mol. The summed E-state index contributed by atoms with van der Waals surface area (Å²) >= 11 is 0. The van der Waals surface area contributed by atoms with Crippen LogP contribution in [0.1, 0.15) is 38.7 Å². The second kappa shape index (κ2) is 9.48. The van der Waals surface area contributed by atoms with Gasteiger partial charge >= 0.3 is 0 Å². The summed E-state index contributed by atoms with van der Waals surface area (Å²) in [6.07, 6.45) is 3.53. The first kappa shape index (κ1) is 16.6. The molecule has 1 rings (SSSR count). The minimum Gasteiger partial charge on any atom is -0.351 e. The van der Waals surface area contributed by atoms with E-state index in [4.69, 9.17) is 0 Å². The lowest BCUT2D eigenvalue weighted by atomic mass is 10.2. The van der Waals surface area contributed by atoms with Crippen LogP contribution in [-0.2, 0) is 11.3 Å². The number of halogens is 1. The van der Waals surface area contributed by atoms with Crippen molar-refractivity contribution in [3.05, 3.63) is 35.6 Å². The van der Waals surface area contributed by atoms with Crippen LogP contribution >= 0.6 is 0 Å². The normalized spacial score (nSPS) is 10.8. The molecule has 1 aromatic carbocycles. The van der Waals surface area contributed by atoms with Crippen LogP contribution in [0.5, 0.6) is 0 Å². The fourth-order valence-electron chi connectivity index (χ4n) is 2.00. The fraction of sp³-hybridized carbons (Fsp3) is 0.562. The molecule has 0 aliphatic rings. The van der Waals surface area contributed by atoms with Gasteiger partial charge in [0.2, 0.25) is 5.91 Å². The molecule has 0 radical (unpaired) electrons. The van der Waals surface area contributed by atoms with Gasteiger partial charge in [-0.05, 0) is 37.2 Å². The maximum atomic E-state index is 12.8. The topological polar surface area (TPSA) is 32.3 Å². The smallest absolute Gasteiger partial charge is 0.234 e. The summed E-state index contributed by atoms with van der Waals surface area (Å²) < 4.78 is 12.8. The number of rotatable bonds is 9. The molecule has 1 aromatic rings. The third-order valence-electron chi connectivity index (χ3n) is 3.30. The average Bonchev–Trinajstić information content (AvgIpc) is 2.46. The summed E-state index contributed by atoms with van der Waals surface area (Å²) in [5.74, 6) is -0.235. The molecule has 20 heavy (non-hydrogen) atoms. The van der Waals surface area contributed by atoms with Crippen LogP contribution in [-0.4, -0.2) is 30.4 Å². The molecule has 0 fully saturated rings. The molecule has 0 aromatic heterocycles. The quantitative estimate of drug-likeness (QED) is 0.705. The van der Waals surface area contributed by atoms with E-state index in [-0.39, 0.29) is 11.7 Å². The van der Waals surface area contributed by atoms with Crippen molar-refractivity contribution in [2.45, 2.75) is 39.7 Å². The summed E-state index contributed by atoms with van der Waals surface area (Å²) in [5, 5.41) is 2.87. The van der Waals surface area contributed by atoms with Gasteiger partial charge in [-0.1, -0.05) is 38.8 Å². The second-order valence-electron chi connectivity index (χ2n) is 4.98. The van der Waals surface area contributed by atoms with Crippen LogP contribution in [0.25, 0.3) is 0 Å². The number of likely N-dealkylation sites (N-methyl/N-ethyl adjacent to an activating group) is 1. The first-order valence-corrected chi connectivity index (χ1v) is 7.39. The molecular formula is C16H25FN2O. The van der Waals surface area contributed by atoms with Gasteiger partial charge in [0.25, 0.3) is 0 Å². The largest absolute Gasteiger partial charge is 0.351 e. The Kier molecular flexibility index (Phi) is 7.88. The van der Waals surface area contributed by atoms with Crippen LogP contribution in [0.4, 0.5) is 4.39 Å². The molecule has 0 atom stereocenters. The van der Waals surface area contributed by atoms with E-state index in [1.165, 1.54) is 25.0 Å². The molecule has 4 heteroatoms. The van der Waals surface area contributed by atoms with Crippen molar-refractivity contribution in [3.8, 4) is 0 Å². The molecule has 3 nitrogen and oxygen atoms in total. The lowest BCUT2D eigenvalue weighted by Crippen LogP contribution is -2.37. The van der Waals surface area contributed by atoms with Crippen LogP contribution in [0.3, 0.4) is 0 Å². The molecule has 0 heterocycles. The van der Waals surface area contributed by atoms with Crippen LogP contribution < -0.4 is 5.32 Å². The number of hydrogen-bond acceptors (Lipinski definition) is 2. The zero-order valence-electron chi connectivity index (χ0n) is 12.5. The van der Waals surface area contributed by atoms with Crippen molar-refractivity contribution in [2.24, 2.45) is 0 Å². The lowest BCUT2D eigenvalue weighted by Gasteiger charge is -2.19. The SMILES string of the molecule is CCCCCN(CC)CC(=O)NCc1ccc(F)cc1. The van der Waals surface area contributed by atoms with Crippen molar-refractivity contribution < 1.29 is 9.18 Å². The molecule has 0 spiro atoms. The van der Waals surface area contributed by atoms with Gasteiger partial charge in [0, 0.05) is 6.54 Å². The minimum atomic E-state index is -0.256. The lowest BCUT2D eigenvalue weighted by molar-refractivity contribution is -0.122. The molecule has 1 amide bonds. The number of carbonyl (C=O) groups is 1. The molecule has 0 saturated carbocycles. The van der Waals surface area contributed by atoms with Crippen LogP contribution in [0, 0.1) is 5.82 Å². The molecule has 0 unspecified atom stereocenters. The Balaban J connectivity index is 2.29. The van der Waals surface area contributed by atoms with Gasteiger partial charge < -0.3 is 5.32 Å². The number of nitrogens with zero attached hydrogens (tertiary/aromatic N) is 1. The Morgan fingerprint density at radius 2 is 1.90 bits per heavy atom. The zero-order valence-corrected chi connectivity index (χ0v) is 12.5. The predicted octanol–water partition coefficient (Wildman–Crippen LogP) is 2.95. The van der Waals surface area contributed by atoms with E-state index in [1.807, 2.05) is 0 Å². The van der Waals surface area contributed by atoms with Crippen molar-refractivity contribution in [1.82, 2.24) is 10.2 Å². The molecule has 0 saturated heterocycles. The van der Waals surface area contributed by atoms with Crippen molar-refractivity contribution in [3.63, 3.8) is 0 Å². The molecule has 0 bridgehead atoms. The number of unbranched alkanes of at least 4 members (excludes halogenated alkanes) is 2. The Labute approximate surface area is 121 Å². The highest BCUT2D eigenvalue weighted by Crippen LogP contribution is 2.02. The highest BCUT2D eigenvalue weighted by atomic mass is 19.1. The number of nitrogens with one attached hydrogen (secondary N) is 1. The standard InChI is InChI=1S/C16H25FN2O/c1-3-5-6-11-19(4-2)13-16(20)18-12-14-7-9-15(17)10-8-14/h7-10H,3-6,11-13H2,1-2H3,(H,18,20). The van der Waals surface area contributed by atoms with E-state index >= 15 is 0 Å². The maximum Gasteiger partial charge on any atom is 0.234 e. The molecule has 1 N–H and O–H groups in total. The van der Waals surface area contributed by atoms with Gasteiger partial charge in [0.15, 0.2) is 0 Å². The van der Waals surface area contributed by atoms with Crippen molar-refractivity contribution in [1.29, 1.82) is 0 Å². The zero-order chi connectivity index (χ0) is 14.8. The van der Waals surface area contributed by atoms with E-state index < -0.39 is 0 Å². The number of benzene rings is 1. The first-order chi connectivity index (χ1) is 9.65. The molecular weight excluding hydrogens is 255 g/mol. The maximum absolute atomic E-state index is 12.8. The third kappa shape index (κ3) is 6.66. The van der Waals surface area contributed by atoms with Gasteiger partial charge in [-0.25, -0.2) is 4.39 Å². The third-order valence-corrected chi connectivity index (χ3v) is 3.30. The highest BCUT2D eigenvalue weighted by molar-refractivity contribution is 5.77. The molecule has 0 aliphatic heterocycles. The summed E-state index contributed by atoms with van der Waals surface area (Å²) in [5.41, 5.74) is 0.911.